The summed E-state index contributed by atoms with van der Waals surface area (Å²) in [5.74, 6) is 0. The Balaban J connectivity index is 2.07. The first-order valence-electron chi connectivity index (χ1n) is 6.92. The van der Waals surface area contributed by atoms with Crippen molar-refractivity contribution in [3.05, 3.63) is 17.0 Å². The maximum atomic E-state index is 12.6. The Kier molecular flexibility index (Phi) is 5.19. The highest BCUT2D eigenvalue weighted by Gasteiger charge is 2.30. The van der Waals surface area contributed by atoms with Crippen molar-refractivity contribution < 1.29 is 8.42 Å². The molecule has 0 saturated carbocycles. The van der Waals surface area contributed by atoms with E-state index in [1.54, 1.807) is 10.4 Å². The zero-order chi connectivity index (χ0) is 14.8. The van der Waals surface area contributed by atoms with Gasteiger partial charge in [-0.3, -0.25) is 4.90 Å². The maximum absolute atomic E-state index is 12.6. The molecule has 0 unspecified atom stereocenters. The quantitative estimate of drug-likeness (QED) is 0.886. The van der Waals surface area contributed by atoms with E-state index < -0.39 is 10.0 Å². The summed E-state index contributed by atoms with van der Waals surface area (Å²) < 4.78 is 27.2. The zero-order valence-electron chi connectivity index (χ0n) is 12.3. The highest BCUT2D eigenvalue weighted by atomic mass is 32.2. The van der Waals surface area contributed by atoms with Crippen molar-refractivity contribution in [1.82, 2.24) is 14.5 Å². The molecule has 1 aliphatic heterocycles. The smallest absolute Gasteiger partial charge is 0.252 e. The van der Waals surface area contributed by atoms with Crippen LogP contribution < -0.4 is 5.32 Å². The number of nitrogens with zero attached hydrogens (tertiary/aromatic N) is 2. The van der Waals surface area contributed by atoms with E-state index in [-0.39, 0.29) is 0 Å². The average Bonchev–Trinajstić information content (AvgIpc) is 2.88. The number of rotatable bonds is 5. The molecule has 1 fully saturated rings. The van der Waals surface area contributed by atoms with Gasteiger partial charge in [-0.2, -0.15) is 4.31 Å². The van der Waals surface area contributed by atoms with Crippen molar-refractivity contribution in [2.75, 3.05) is 33.2 Å². The van der Waals surface area contributed by atoms with Gasteiger partial charge in [0.2, 0.25) is 0 Å². The van der Waals surface area contributed by atoms with E-state index in [9.17, 15) is 8.42 Å². The number of thiophene rings is 1. The van der Waals surface area contributed by atoms with E-state index >= 15 is 0 Å². The van der Waals surface area contributed by atoms with Gasteiger partial charge in [0.1, 0.15) is 4.21 Å². The Morgan fingerprint density at radius 3 is 2.45 bits per heavy atom. The lowest BCUT2D eigenvalue weighted by molar-refractivity contribution is 0.154. The molecule has 0 aromatic carbocycles. The molecule has 20 heavy (non-hydrogen) atoms. The molecular formula is C13H23N3O2S2. The van der Waals surface area contributed by atoms with E-state index in [4.69, 9.17) is 0 Å². The Morgan fingerprint density at radius 2 is 1.90 bits per heavy atom. The van der Waals surface area contributed by atoms with Gasteiger partial charge < -0.3 is 5.32 Å². The van der Waals surface area contributed by atoms with Crippen LogP contribution in [0.2, 0.25) is 0 Å². The minimum atomic E-state index is -3.31. The Labute approximate surface area is 125 Å². The van der Waals surface area contributed by atoms with Crippen LogP contribution in [0.5, 0.6) is 0 Å². The molecule has 0 aliphatic carbocycles. The van der Waals surface area contributed by atoms with Crippen molar-refractivity contribution in [2.45, 2.75) is 30.6 Å². The van der Waals surface area contributed by atoms with Gasteiger partial charge in [-0.05, 0) is 33.0 Å². The minimum Gasteiger partial charge on any atom is -0.315 e. The highest BCUT2D eigenvalue weighted by molar-refractivity contribution is 7.91. The SMILES string of the molecule is CNCc1ccc(S(=O)(=O)N2CCN(C(C)C)CC2)s1. The molecule has 0 spiro atoms. The Hall–Kier alpha value is -0.470. The van der Waals surface area contributed by atoms with Gasteiger partial charge in [0.05, 0.1) is 0 Å². The van der Waals surface area contributed by atoms with E-state index in [1.165, 1.54) is 11.3 Å². The lowest BCUT2D eigenvalue weighted by Crippen LogP contribution is -2.50. The van der Waals surface area contributed by atoms with E-state index in [2.05, 4.69) is 24.1 Å². The largest absolute Gasteiger partial charge is 0.315 e. The van der Waals surface area contributed by atoms with Crippen molar-refractivity contribution >= 4 is 21.4 Å². The summed E-state index contributed by atoms with van der Waals surface area (Å²) >= 11 is 1.36. The lowest BCUT2D eigenvalue weighted by Gasteiger charge is -2.35. The van der Waals surface area contributed by atoms with Gasteiger partial charge in [0.25, 0.3) is 10.0 Å². The second kappa shape index (κ2) is 6.53. The summed E-state index contributed by atoms with van der Waals surface area (Å²) in [4.78, 5) is 3.36. The molecule has 5 nitrogen and oxygen atoms in total. The van der Waals surface area contributed by atoms with Crippen LogP contribution in [-0.4, -0.2) is 56.9 Å². The fraction of sp³-hybridized carbons (Fsp3) is 0.692. The summed E-state index contributed by atoms with van der Waals surface area (Å²) in [7, 11) is -1.45. The summed E-state index contributed by atoms with van der Waals surface area (Å²) in [5.41, 5.74) is 0. The van der Waals surface area contributed by atoms with Crippen LogP contribution in [0.25, 0.3) is 0 Å². The minimum absolute atomic E-state index is 0.459. The molecule has 114 valence electrons. The molecule has 7 heteroatoms. The first kappa shape index (κ1) is 15.9. The second-order valence-corrected chi connectivity index (χ2v) is 8.62. The molecule has 0 amide bonds. The predicted octanol–water partition coefficient (Wildman–Crippen LogP) is 1.18. The third-order valence-electron chi connectivity index (χ3n) is 3.59. The molecule has 0 atom stereocenters. The van der Waals surface area contributed by atoms with Crippen LogP contribution in [0.1, 0.15) is 18.7 Å². The van der Waals surface area contributed by atoms with Crippen LogP contribution >= 0.6 is 11.3 Å². The van der Waals surface area contributed by atoms with Crippen molar-refractivity contribution in [3.63, 3.8) is 0 Å². The fourth-order valence-corrected chi connectivity index (χ4v) is 5.30. The van der Waals surface area contributed by atoms with Crippen molar-refractivity contribution in [1.29, 1.82) is 0 Å². The molecule has 1 aromatic heterocycles. The zero-order valence-corrected chi connectivity index (χ0v) is 13.9. The van der Waals surface area contributed by atoms with Crippen LogP contribution in [0.3, 0.4) is 0 Å². The monoisotopic (exact) mass is 317 g/mol. The van der Waals surface area contributed by atoms with Gasteiger partial charge in [0.15, 0.2) is 0 Å². The van der Waals surface area contributed by atoms with Crippen molar-refractivity contribution in [3.8, 4) is 0 Å². The van der Waals surface area contributed by atoms with Gasteiger partial charge in [-0.15, -0.1) is 11.3 Å². The Morgan fingerprint density at radius 1 is 1.25 bits per heavy atom. The topological polar surface area (TPSA) is 52.7 Å². The number of hydrogen-bond acceptors (Lipinski definition) is 5. The molecular weight excluding hydrogens is 294 g/mol. The van der Waals surface area contributed by atoms with Crippen LogP contribution in [0.15, 0.2) is 16.3 Å². The molecule has 0 radical (unpaired) electrons. The first-order valence-corrected chi connectivity index (χ1v) is 9.18. The second-order valence-electron chi connectivity index (χ2n) is 5.28. The third-order valence-corrected chi connectivity index (χ3v) is 7.04. The van der Waals surface area contributed by atoms with Crippen LogP contribution in [0.4, 0.5) is 0 Å². The van der Waals surface area contributed by atoms with E-state index in [1.807, 2.05) is 13.1 Å². The molecule has 1 aromatic rings. The van der Waals surface area contributed by atoms with Gasteiger partial charge in [-0.25, -0.2) is 8.42 Å². The van der Waals surface area contributed by atoms with E-state index in [0.29, 0.717) is 29.9 Å². The normalized spacial score (nSPS) is 18.8. The van der Waals surface area contributed by atoms with E-state index in [0.717, 1.165) is 18.0 Å². The lowest BCUT2D eigenvalue weighted by atomic mass is 10.3. The molecule has 1 aliphatic rings. The molecule has 2 rings (SSSR count). The molecule has 2 heterocycles. The standard InChI is InChI=1S/C13H23N3O2S2/c1-11(2)15-6-8-16(9-7-15)20(17,18)13-5-4-12(19-13)10-14-3/h4-5,11,14H,6-10H2,1-3H3. The number of sulfonamides is 1. The summed E-state index contributed by atoms with van der Waals surface area (Å²) in [5, 5.41) is 3.04. The molecule has 1 saturated heterocycles. The maximum Gasteiger partial charge on any atom is 0.252 e. The first-order chi connectivity index (χ1) is 9.45. The van der Waals surface area contributed by atoms with Crippen LogP contribution in [-0.2, 0) is 16.6 Å². The van der Waals surface area contributed by atoms with Gasteiger partial charge >= 0.3 is 0 Å². The summed E-state index contributed by atoms with van der Waals surface area (Å²) in [6.45, 7) is 7.79. The van der Waals surface area contributed by atoms with Crippen LogP contribution in [0, 0.1) is 0 Å². The number of hydrogen-bond donors (Lipinski definition) is 1. The summed E-state index contributed by atoms with van der Waals surface area (Å²) in [6.07, 6.45) is 0. The molecule has 0 bridgehead atoms. The number of piperazine rings is 1. The van der Waals surface area contributed by atoms with Gasteiger partial charge in [0, 0.05) is 43.6 Å². The highest BCUT2D eigenvalue weighted by Crippen LogP contribution is 2.25. The van der Waals surface area contributed by atoms with Gasteiger partial charge in [-0.1, -0.05) is 0 Å². The molecule has 1 N–H and O–H groups in total. The predicted molar refractivity (Wildman–Crippen MR) is 82.6 cm³/mol. The van der Waals surface area contributed by atoms with Crippen molar-refractivity contribution in [2.24, 2.45) is 0 Å². The summed E-state index contributed by atoms with van der Waals surface area (Å²) in [6, 6.07) is 4.09. The fourth-order valence-electron chi connectivity index (χ4n) is 2.35. The number of nitrogens with one attached hydrogen (secondary N) is 1. The Bertz CT molecular complexity index is 532. The third kappa shape index (κ3) is 3.40. The average molecular weight is 317 g/mol.